The molecule has 0 aliphatic rings. The lowest BCUT2D eigenvalue weighted by molar-refractivity contribution is 0.0920. The molecule has 0 amide bonds. The second-order valence-electron chi connectivity index (χ2n) is 4.39. The zero-order valence-corrected chi connectivity index (χ0v) is 10.6. The molecule has 16 heavy (non-hydrogen) atoms. The van der Waals surface area contributed by atoms with Gasteiger partial charge in [0.15, 0.2) is 5.78 Å². The van der Waals surface area contributed by atoms with Gasteiger partial charge in [0.2, 0.25) is 0 Å². The molecule has 0 aliphatic carbocycles. The van der Waals surface area contributed by atoms with Crippen LogP contribution in [0.4, 0.5) is 0 Å². The number of carbonyl (C=O) groups excluding carboxylic acids is 1. The molecule has 0 aliphatic heterocycles. The van der Waals surface area contributed by atoms with Crippen LogP contribution in [0.1, 0.15) is 40.4 Å². The largest absolute Gasteiger partial charge is 0.330 e. The Balaban J connectivity index is 3.14. The van der Waals surface area contributed by atoms with E-state index in [1.165, 1.54) is 11.1 Å². The molecule has 0 heterocycles. The van der Waals surface area contributed by atoms with E-state index >= 15 is 0 Å². The Morgan fingerprint density at radius 3 is 2.38 bits per heavy atom. The van der Waals surface area contributed by atoms with Gasteiger partial charge in [-0.05, 0) is 43.9 Å². The molecular weight excluding hydrogens is 198 g/mol. The van der Waals surface area contributed by atoms with Crippen molar-refractivity contribution >= 4 is 5.78 Å². The van der Waals surface area contributed by atoms with Gasteiger partial charge in [-0.1, -0.05) is 19.1 Å². The average molecular weight is 219 g/mol. The minimum atomic E-state index is -0.0409. The highest BCUT2D eigenvalue weighted by molar-refractivity contribution is 5.99. The SMILES string of the molecule is CCC(CN)C(=O)c1ccc(C)c(C)c1C. The molecule has 88 valence electrons. The summed E-state index contributed by atoms with van der Waals surface area (Å²) in [6.45, 7) is 8.58. The first-order valence-corrected chi connectivity index (χ1v) is 5.84. The van der Waals surface area contributed by atoms with Crippen molar-refractivity contribution in [2.45, 2.75) is 34.1 Å². The number of hydrogen-bond acceptors (Lipinski definition) is 2. The summed E-state index contributed by atoms with van der Waals surface area (Å²) in [7, 11) is 0. The summed E-state index contributed by atoms with van der Waals surface area (Å²) in [4.78, 5) is 12.2. The molecule has 1 atom stereocenters. The molecule has 0 bridgehead atoms. The first-order valence-electron chi connectivity index (χ1n) is 5.84. The van der Waals surface area contributed by atoms with Crippen LogP contribution in [0, 0.1) is 26.7 Å². The third kappa shape index (κ3) is 2.33. The summed E-state index contributed by atoms with van der Waals surface area (Å²) < 4.78 is 0. The highest BCUT2D eigenvalue weighted by Crippen LogP contribution is 2.20. The molecule has 2 nitrogen and oxygen atoms in total. The van der Waals surface area contributed by atoms with Crippen LogP contribution in [0.5, 0.6) is 0 Å². The lowest BCUT2D eigenvalue weighted by atomic mass is 9.89. The van der Waals surface area contributed by atoms with Crippen LogP contribution in [-0.4, -0.2) is 12.3 Å². The lowest BCUT2D eigenvalue weighted by Crippen LogP contribution is -2.24. The van der Waals surface area contributed by atoms with Crippen molar-refractivity contribution < 1.29 is 4.79 Å². The molecule has 2 N–H and O–H groups in total. The quantitative estimate of drug-likeness (QED) is 0.791. The number of hydrogen-bond donors (Lipinski definition) is 1. The fourth-order valence-corrected chi connectivity index (χ4v) is 1.90. The fourth-order valence-electron chi connectivity index (χ4n) is 1.90. The number of aryl methyl sites for hydroxylation is 1. The van der Waals surface area contributed by atoms with Crippen LogP contribution in [0.2, 0.25) is 0 Å². The summed E-state index contributed by atoms with van der Waals surface area (Å²) in [5.41, 5.74) is 9.98. The van der Waals surface area contributed by atoms with Gasteiger partial charge in [-0.2, -0.15) is 0 Å². The molecule has 1 rings (SSSR count). The normalized spacial score (nSPS) is 12.6. The summed E-state index contributed by atoms with van der Waals surface area (Å²) in [5, 5.41) is 0. The smallest absolute Gasteiger partial charge is 0.167 e. The van der Waals surface area contributed by atoms with Crippen molar-refractivity contribution in [2.24, 2.45) is 11.7 Å². The zero-order valence-electron chi connectivity index (χ0n) is 10.6. The molecule has 1 aromatic rings. The van der Waals surface area contributed by atoms with Gasteiger partial charge in [-0.25, -0.2) is 0 Å². The Hall–Kier alpha value is -1.15. The molecule has 0 aromatic heterocycles. The third-order valence-corrected chi connectivity index (χ3v) is 3.47. The van der Waals surface area contributed by atoms with Gasteiger partial charge in [-0.3, -0.25) is 4.79 Å². The second-order valence-corrected chi connectivity index (χ2v) is 4.39. The predicted molar refractivity (Wildman–Crippen MR) is 67.8 cm³/mol. The van der Waals surface area contributed by atoms with Gasteiger partial charge in [0.05, 0.1) is 0 Å². The second kappa shape index (κ2) is 5.26. The Bertz CT molecular complexity index is 392. The standard InChI is InChI=1S/C14H21NO/c1-5-12(8-15)14(16)13-7-6-9(2)10(3)11(13)4/h6-7,12H,5,8,15H2,1-4H3. The highest BCUT2D eigenvalue weighted by Gasteiger charge is 2.19. The van der Waals surface area contributed by atoms with E-state index in [2.05, 4.69) is 13.8 Å². The van der Waals surface area contributed by atoms with E-state index in [0.29, 0.717) is 6.54 Å². The first kappa shape index (κ1) is 12.9. The maximum atomic E-state index is 12.2. The Labute approximate surface area is 97.9 Å². The molecule has 2 heteroatoms. The summed E-state index contributed by atoms with van der Waals surface area (Å²) >= 11 is 0. The van der Waals surface area contributed by atoms with E-state index in [1.54, 1.807) is 0 Å². The maximum absolute atomic E-state index is 12.2. The van der Waals surface area contributed by atoms with Crippen molar-refractivity contribution in [3.05, 3.63) is 34.4 Å². The number of Topliss-reactive ketones (excluding diaryl/α,β-unsaturated/α-hetero) is 1. The van der Waals surface area contributed by atoms with E-state index < -0.39 is 0 Å². The predicted octanol–water partition coefficient (Wildman–Crippen LogP) is 2.78. The van der Waals surface area contributed by atoms with Crippen molar-refractivity contribution in [1.82, 2.24) is 0 Å². The van der Waals surface area contributed by atoms with E-state index in [4.69, 9.17) is 5.73 Å². The number of ketones is 1. The van der Waals surface area contributed by atoms with Gasteiger partial charge in [0.25, 0.3) is 0 Å². The molecule has 0 spiro atoms. The molecule has 1 unspecified atom stereocenters. The lowest BCUT2D eigenvalue weighted by Gasteiger charge is -2.15. The van der Waals surface area contributed by atoms with Crippen molar-refractivity contribution in [2.75, 3.05) is 6.54 Å². The summed E-state index contributed by atoms with van der Waals surface area (Å²) in [5.74, 6) is 0.145. The summed E-state index contributed by atoms with van der Waals surface area (Å²) in [6.07, 6.45) is 0.807. The van der Waals surface area contributed by atoms with Crippen LogP contribution >= 0.6 is 0 Å². The van der Waals surface area contributed by atoms with Gasteiger partial charge >= 0.3 is 0 Å². The minimum Gasteiger partial charge on any atom is -0.330 e. The van der Waals surface area contributed by atoms with E-state index in [1.807, 2.05) is 26.0 Å². The Kier molecular flexibility index (Phi) is 4.25. The van der Waals surface area contributed by atoms with Gasteiger partial charge < -0.3 is 5.73 Å². The molecular formula is C14H21NO. The molecule has 1 aromatic carbocycles. The topological polar surface area (TPSA) is 43.1 Å². The number of rotatable bonds is 4. The van der Waals surface area contributed by atoms with Crippen LogP contribution < -0.4 is 5.73 Å². The molecule has 0 saturated heterocycles. The van der Waals surface area contributed by atoms with Crippen LogP contribution in [0.15, 0.2) is 12.1 Å². The Morgan fingerprint density at radius 1 is 1.25 bits per heavy atom. The maximum Gasteiger partial charge on any atom is 0.167 e. The van der Waals surface area contributed by atoms with Crippen molar-refractivity contribution in [3.63, 3.8) is 0 Å². The van der Waals surface area contributed by atoms with Crippen LogP contribution in [0.25, 0.3) is 0 Å². The minimum absolute atomic E-state index is 0.0409. The van der Waals surface area contributed by atoms with Crippen molar-refractivity contribution in [1.29, 1.82) is 0 Å². The number of nitrogens with two attached hydrogens (primary N) is 1. The number of benzene rings is 1. The third-order valence-electron chi connectivity index (χ3n) is 3.47. The fraction of sp³-hybridized carbons (Fsp3) is 0.500. The number of carbonyl (C=O) groups is 1. The van der Waals surface area contributed by atoms with Gasteiger partial charge in [-0.15, -0.1) is 0 Å². The Morgan fingerprint density at radius 2 is 1.88 bits per heavy atom. The van der Waals surface area contributed by atoms with Crippen LogP contribution in [-0.2, 0) is 0 Å². The van der Waals surface area contributed by atoms with Gasteiger partial charge in [0.1, 0.15) is 0 Å². The zero-order chi connectivity index (χ0) is 12.3. The average Bonchev–Trinajstić information content (AvgIpc) is 2.27. The molecule has 0 saturated carbocycles. The van der Waals surface area contributed by atoms with E-state index in [9.17, 15) is 4.79 Å². The monoisotopic (exact) mass is 219 g/mol. The van der Waals surface area contributed by atoms with E-state index in [0.717, 1.165) is 17.5 Å². The molecule has 0 fully saturated rings. The molecule has 0 radical (unpaired) electrons. The van der Waals surface area contributed by atoms with Gasteiger partial charge in [0, 0.05) is 18.0 Å². The van der Waals surface area contributed by atoms with Crippen LogP contribution in [0.3, 0.4) is 0 Å². The van der Waals surface area contributed by atoms with E-state index in [-0.39, 0.29) is 11.7 Å². The highest BCUT2D eigenvalue weighted by atomic mass is 16.1. The first-order chi connectivity index (χ1) is 7.52. The summed E-state index contributed by atoms with van der Waals surface area (Å²) in [6, 6.07) is 3.94. The van der Waals surface area contributed by atoms with Crippen molar-refractivity contribution in [3.8, 4) is 0 Å².